The predicted molar refractivity (Wildman–Crippen MR) is 186 cm³/mol. The molecule has 0 fully saturated rings. The van der Waals surface area contributed by atoms with E-state index in [1.807, 2.05) is 55.4 Å². The number of thioether (sulfide) groups is 2. The van der Waals surface area contributed by atoms with Gasteiger partial charge in [-0.3, -0.25) is 4.68 Å². The van der Waals surface area contributed by atoms with Gasteiger partial charge in [-0.15, -0.1) is 23.5 Å². The second-order valence-electron chi connectivity index (χ2n) is 11.6. The molecule has 1 aliphatic heterocycles. The average Bonchev–Trinajstić information content (AvgIpc) is 3.67. The molecule has 45 heavy (non-hydrogen) atoms. The van der Waals surface area contributed by atoms with Crippen LogP contribution in [0.15, 0.2) is 40.9 Å². The van der Waals surface area contributed by atoms with E-state index in [1.54, 1.807) is 23.5 Å². The Kier molecular flexibility index (Phi) is 9.27. The van der Waals surface area contributed by atoms with E-state index in [1.165, 1.54) is 11.1 Å². The molecule has 2 aromatic carbocycles. The Hall–Kier alpha value is -3.34. The highest BCUT2D eigenvalue weighted by Crippen LogP contribution is 2.43. The number of aromatic carboxylic acids is 1. The summed E-state index contributed by atoms with van der Waals surface area (Å²) in [5.74, 6) is 1.80. The van der Waals surface area contributed by atoms with Gasteiger partial charge in [-0.2, -0.15) is 5.10 Å². The third-order valence-corrected chi connectivity index (χ3v) is 11.1. The van der Waals surface area contributed by atoms with Crippen LogP contribution < -0.4 is 10.1 Å². The number of carboxylic acid groups (broad SMARTS) is 1. The lowest BCUT2D eigenvalue weighted by molar-refractivity contribution is 0.0684. The molecular weight excluding hydrogens is 626 g/mol. The Labute approximate surface area is 277 Å². The van der Waals surface area contributed by atoms with Crippen molar-refractivity contribution in [1.29, 1.82) is 5.41 Å². The van der Waals surface area contributed by atoms with Crippen LogP contribution in [0, 0.1) is 19.3 Å². The van der Waals surface area contributed by atoms with Crippen LogP contribution in [0.4, 0.5) is 0 Å². The fourth-order valence-corrected chi connectivity index (χ4v) is 8.60. The summed E-state index contributed by atoms with van der Waals surface area (Å²) in [6.45, 7) is 4.86. The number of carbonyl (C=O) groups is 1. The number of hydrogen-bond donors (Lipinski definition) is 3. The van der Waals surface area contributed by atoms with Gasteiger partial charge < -0.3 is 25.1 Å². The molecule has 6 bridgehead atoms. The number of ether oxygens (including phenoxy) is 1. The summed E-state index contributed by atoms with van der Waals surface area (Å²) in [5, 5.41) is 28.6. The van der Waals surface area contributed by atoms with Crippen molar-refractivity contribution in [1.82, 2.24) is 19.7 Å². The number of nitrogens with zero attached hydrogens (tertiary/aromatic N) is 3. The van der Waals surface area contributed by atoms with Gasteiger partial charge in [0.05, 0.1) is 12.3 Å². The van der Waals surface area contributed by atoms with E-state index in [2.05, 4.69) is 17.4 Å². The molecule has 8 nitrogen and oxygen atoms in total. The van der Waals surface area contributed by atoms with Crippen molar-refractivity contribution < 1.29 is 14.6 Å². The Balaban J connectivity index is 1.46. The number of aromatic nitrogens is 3. The Morgan fingerprint density at radius 2 is 1.96 bits per heavy atom. The fourth-order valence-electron chi connectivity index (χ4n) is 6.58. The fraction of sp³-hybridized carbons (Fsp3) is 0.382. The highest BCUT2D eigenvalue weighted by Gasteiger charge is 2.27. The zero-order valence-corrected chi connectivity index (χ0v) is 28.4. The maximum absolute atomic E-state index is 12.7. The first-order chi connectivity index (χ1) is 21.7. The van der Waals surface area contributed by atoms with Crippen LogP contribution >= 0.6 is 35.1 Å². The molecule has 1 aliphatic carbocycles. The maximum Gasteiger partial charge on any atom is 0.352 e. The summed E-state index contributed by atoms with van der Waals surface area (Å²) in [7, 11) is 3.82. The Morgan fingerprint density at radius 3 is 2.73 bits per heavy atom. The van der Waals surface area contributed by atoms with Crippen molar-refractivity contribution >= 4 is 57.7 Å². The van der Waals surface area contributed by atoms with E-state index in [-0.39, 0.29) is 5.69 Å². The van der Waals surface area contributed by atoms with E-state index in [0.29, 0.717) is 47.4 Å². The molecule has 0 amide bonds. The molecule has 236 valence electrons. The quantitative estimate of drug-likeness (QED) is 0.205. The number of benzene rings is 2. The van der Waals surface area contributed by atoms with Crippen LogP contribution in [0.3, 0.4) is 0 Å². The number of aryl methyl sites for hydroxylation is 4. The topological polar surface area (TPSA) is 105 Å². The van der Waals surface area contributed by atoms with Crippen molar-refractivity contribution in [2.75, 3.05) is 25.2 Å². The molecule has 3 heterocycles. The summed E-state index contributed by atoms with van der Waals surface area (Å²) in [5.41, 5.74) is 9.52. The van der Waals surface area contributed by atoms with Gasteiger partial charge >= 0.3 is 5.97 Å². The predicted octanol–water partition coefficient (Wildman–Crippen LogP) is 7.43. The smallest absolute Gasteiger partial charge is 0.352 e. The summed E-state index contributed by atoms with van der Waals surface area (Å²) in [4.78, 5) is 13.8. The van der Waals surface area contributed by atoms with E-state index in [9.17, 15) is 9.90 Å². The molecule has 2 aliphatic rings. The molecule has 2 aromatic heterocycles. The van der Waals surface area contributed by atoms with Crippen LogP contribution in [0.1, 0.15) is 51.4 Å². The molecule has 11 heteroatoms. The summed E-state index contributed by atoms with van der Waals surface area (Å²) >= 11 is 10.3. The Bertz CT molecular complexity index is 1860. The van der Waals surface area contributed by atoms with Crippen molar-refractivity contribution in [2.24, 2.45) is 7.05 Å². The minimum Gasteiger partial charge on any atom is -0.493 e. The monoisotopic (exact) mass is 663 g/mol. The second-order valence-corrected chi connectivity index (χ2v) is 14.1. The molecule has 0 saturated carbocycles. The number of fused-ring (bicyclic) bond motifs is 6. The molecule has 6 rings (SSSR count). The summed E-state index contributed by atoms with van der Waals surface area (Å²) < 4.78 is 10.2. The zero-order chi connectivity index (χ0) is 31.8. The van der Waals surface area contributed by atoms with E-state index < -0.39 is 5.97 Å². The van der Waals surface area contributed by atoms with E-state index in [0.717, 1.165) is 74.8 Å². The van der Waals surface area contributed by atoms with Crippen molar-refractivity contribution in [3.05, 3.63) is 74.8 Å². The first-order valence-electron chi connectivity index (χ1n) is 15.2. The number of carboxylic acids is 1. The van der Waals surface area contributed by atoms with Gasteiger partial charge in [-0.05, 0) is 86.6 Å². The SMILES string of the molecule is CN/C1=C\C(=N)CSCc2nn(C)c(C)c2-c2c(Cl)ccc3c2c(C)c(C(=O)O)n3CCCOc2cc(cc3c2CCC3)SC1. The van der Waals surface area contributed by atoms with Crippen molar-refractivity contribution in [3.63, 3.8) is 0 Å². The molecule has 0 spiro atoms. The third-order valence-electron chi connectivity index (χ3n) is 8.77. The standard InChI is InChI=1S/C34H38ClN5O3S2/c1-19-30-28-10-9-26(35)32(30)31-20(2)39(4)38-27(31)18-44-16-22(36)14-23(37-3)17-45-24-13-21-7-5-8-25(21)29(15-24)43-12-6-11-40(28)33(19)34(41)42/h9-10,13-15,36-37H,5-8,11-12,16-18H2,1-4H3,(H,41,42)/b23-14-,36-22?. The molecule has 0 unspecified atom stereocenters. The highest BCUT2D eigenvalue weighted by atomic mass is 35.5. The van der Waals surface area contributed by atoms with Gasteiger partial charge in [-0.25, -0.2) is 4.79 Å². The molecule has 0 radical (unpaired) electrons. The number of rotatable bonds is 2. The molecule has 0 saturated heterocycles. The lowest BCUT2D eigenvalue weighted by Gasteiger charge is -2.15. The van der Waals surface area contributed by atoms with Crippen molar-refractivity contribution in [2.45, 2.75) is 56.7 Å². The van der Waals surface area contributed by atoms with Gasteiger partial charge in [0.25, 0.3) is 0 Å². The van der Waals surface area contributed by atoms with Crippen molar-refractivity contribution in [3.8, 4) is 16.9 Å². The Morgan fingerprint density at radius 1 is 1.13 bits per heavy atom. The average molecular weight is 664 g/mol. The zero-order valence-electron chi connectivity index (χ0n) is 26.1. The lowest BCUT2D eigenvalue weighted by Crippen LogP contribution is -2.12. The van der Waals surface area contributed by atoms with Crippen LogP contribution in [-0.4, -0.2) is 56.3 Å². The summed E-state index contributed by atoms with van der Waals surface area (Å²) in [6, 6.07) is 8.22. The second kappa shape index (κ2) is 13.2. The van der Waals surface area contributed by atoms with E-state index >= 15 is 0 Å². The normalized spacial score (nSPS) is 17.3. The number of halogens is 1. The van der Waals surface area contributed by atoms with E-state index in [4.69, 9.17) is 26.8 Å². The van der Waals surface area contributed by atoms with Crippen LogP contribution in [0.5, 0.6) is 5.75 Å². The number of allylic oxidation sites excluding steroid dienone is 1. The van der Waals surface area contributed by atoms with Gasteiger partial charge in [0, 0.05) is 86.9 Å². The summed E-state index contributed by atoms with van der Waals surface area (Å²) in [6.07, 6.45) is 5.76. The minimum absolute atomic E-state index is 0.271. The van der Waals surface area contributed by atoms with Gasteiger partial charge in [0.1, 0.15) is 11.4 Å². The third kappa shape index (κ3) is 6.12. The van der Waals surface area contributed by atoms with Gasteiger partial charge in [0.2, 0.25) is 0 Å². The van der Waals surface area contributed by atoms with Crippen LogP contribution in [0.25, 0.3) is 22.0 Å². The van der Waals surface area contributed by atoms with Gasteiger partial charge in [-0.1, -0.05) is 11.6 Å². The lowest BCUT2D eigenvalue weighted by atomic mass is 9.97. The number of nitrogens with one attached hydrogen (secondary N) is 2. The van der Waals surface area contributed by atoms with Crippen LogP contribution in [0.2, 0.25) is 5.02 Å². The van der Waals surface area contributed by atoms with Gasteiger partial charge in [0.15, 0.2) is 0 Å². The molecule has 0 atom stereocenters. The molecular formula is C34H38ClN5O3S2. The maximum atomic E-state index is 12.7. The first-order valence-corrected chi connectivity index (χ1v) is 17.7. The number of hydrogen-bond acceptors (Lipinski definition) is 7. The largest absolute Gasteiger partial charge is 0.493 e. The first kappa shape index (κ1) is 31.6. The molecule has 3 N–H and O–H groups in total. The minimum atomic E-state index is -0.963. The molecule has 4 aromatic rings. The van der Waals surface area contributed by atoms with Crippen LogP contribution in [-0.2, 0) is 32.2 Å². The highest BCUT2D eigenvalue weighted by molar-refractivity contribution is 7.99.